The molecule has 0 aromatic heterocycles. The van der Waals surface area contributed by atoms with Crippen LogP contribution in [0.2, 0.25) is 0 Å². The molecule has 0 aromatic rings. The maximum Gasteiger partial charge on any atom is 1.00 e. The van der Waals surface area contributed by atoms with Gasteiger partial charge in [-0.2, -0.15) is 39.9 Å². The number of halogens is 13. The molecule has 1 atom stereocenters. The molecule has 19 heteroatoms. The summed E-state index contributed by atoms with van der Waals surface area (Å²) < 4.78 is 164. The third-order valence-corrected chi connectivity index (χ3v) is 1.73. The Kier molecular flexibility index (Phi) is 8.32. The molecule has 0 aliphatic carbocycles. The molecule has 5 nitrogen and oxygen atoms in total. The Bertz CT molecular complexity index is 508. The molecule has 152 valence electrons. The molecule has 0 fully saturated rings. The van der Waals surface area contributed by atoms with Gasteiger partial charge in [0.05, 0.1) is 0 Å². The van der Waals surface area contributed by atoms with Crippen LogP contribution < -0.4 is 29.6 Å². The molecule has 0 aliphatic rings. The van der Waals surface area contributed by atoms with Crippen LogP contribution in [-0.2, 0) is 19.0 Å². The van der Waals surface area contributed by atoms with Crippen molar-refractivity contribution in [1.29, 1.82) is 0 Å². The smallest absolute Gasteiger partial charge is 1.00 e. The van der Waals surface area contributed by atoms with Crippen LogP contribution in [-0.4, -0.2) is 48.0 Å². The van der Waals surface area contributed by atoms with E-state index in [-0.39, 0.29) is 31.0 Å². The summed E-state index contributed by atoms with van der Waals surface area (Å²) in [6, 6.07) is 0. The third kappa shape index (κ3) is 6.87. The predicted molar refractivity (Wildman–Crippen MR) is 42.8 cm³/mol. The summed E-state index contributed by atoms with van der Waals surface area (Å²) in [6.07, 6.45) is -34.3. The number of ether oxygens (including phenoxy) is 3. The SMILES string of the molecule is O=C(O)C(F)(OC(F)(F)C(F)(F)OC(F)(F)OC(F)(F)F)C(F)(F)F.[H-].[Na+]. The standard InChI is InChI=1S/C7HF13O5.Na.H/c8-2(1(21)22,3(9,10)11)23-4(12,13)5(14,15)24-7(19,20)25-6(16,17)18;;/h(H,21,22);;/q;+1;-1. The fraction of sp³-hybridized carbons (Fsp3) is 0.857. The summed E-state index contributed by atoms with van der Waals surface area (Å²) in [7, 11) is 0. The molecule has 0 heterocycles. The fourth-order valence-corrected chi connectivity index (χ4v) is 0.823. The second kappa shape index (κ2) is 7.82. The summed E-state index contributed by atoms with van der Waals surface area (Å²) in [5.41, 5.74) is 0. The van der Waals surface area contributed by atoms with Gasteiger partial charge in [-0.05, 0) is 0 Å². The number of aliphatic carboxylic acids is 1. The van der Waals surface area contributed by atoms with E-state index in [2.05, 4.69) is 0 Å². The van der Waals surface area contributed by atoms with Crippen LogP contribution in [0, 0.1) is 0 Å². The largest absolute Gasteiger partial charge is 1.00 e. The summed E-state index contributed by atoms with van der Waals surface area (Å²) in [5.74, 6) is -10.5. The Morgan fingerprint density at radius 3 is 1.31 bits per heavy atom. The first-order chi connectivity index (χ1) is 10.6. The number of rotatable bonds is 7. The topological polar surface area (TPSA) is 65.0 Å². The van der Waals surface area contributed by atoms with E-state index in [1.807, 2.05) is 0 Å². The van der Waals surface area contributed by atoms with E-state index in [9.17, 15) is 61.9 Å². The molecule has 0 saturated carbocycles. The molecule has 0 radical (unpaired) electrons. The van der Waals surface area contributed by atoms with Crippen molar-refractivity contribution in [3.8, 4) is 0 Å². The van der Waals surface area contributed by atoms with E-state index in [1.165, 1.54) is 0 Å². The molecule has 1 N–H and O–H groups in total. The van der Waals surface area contributed by atoms with Gasteiger partial charge in [-0.3, -0.25) is 4.74 Å². The van der Waals surface area contributed by atoms with Gasteiger partial charge in [0.25, 0.3) is 0 Å². The van der Waals surface area contributed by atoms with Crippen LogP contribution in [0.4, 0.5) is 57.1 Å². The van der Waals surface area contributed by atoms with E-state index in [0.29, 0.717) is 0 Å². The molecule has 0 aromatic carbocycles. The van der Waals surface area contributed by atoms with Crippen molar-refractivity contribution in [2.45, 2.75) is 36.9 Å². The Hall–Kier alpha value is -0.560. The van der Waals surface area contributed by atoms with Gasteiger partial charge in [0.15, 0.2) is 0 Å². The Balaban J connectivity index is -0.00000288. The molecule has 26 heavy (non-hydrogen) atoms. The second-order valence-electron chi connectivity index (χ2n) is 3.65. The first-order valence-electron chi connectivity index (χ1n) is 4.86. The maximum absolute atomic E-state index is 12.9. The summed E-state index contributed by atoms with van der Waals surface area (Å²) >= 11 is 0. The zero-order valence-corrected chi connectivity index (χ0v) is 13.5. The first kappa shape index (κ1) is 27.7. The van der Waals surface area contributed by atoms with Gasteiger partial charge in [0.2, 0.25) is 0 Å². The average Bonchev–Trinajstić information content (AvgIpc) is 2.20. The van der Waals surface area contributed by atoms with E-state index >= 15 is 0 Å². The molecule has 0 amide bonds. The Morgan fingerprint density at radius 2 is 1.04 bits per heavy atom. The molecule has 0 aliphatic heterocycles. The number of carboxylic acids is 1. The fourth-order valence-electron chi connectivity index (χ4n) is 0.823. The zero-order valence-electron chi connectivity index (χ0n) is 12.5. The van der Waals surface area contributed by atoms with Crippen LogP contribution in [0.15, 0.2) is 0 Å². The number of carboxylic acid groups (broad SMARTS) is 1. The Labute approximate surface area is 155 Å². The summed E-state index contributed by atoms with van der Waals surface area (Å²) in [6.45, 7) is 0. The van der Waals surface area contributed by atoms with E-state index in [1.54, 1.807) is 14.2 Å². The van der Waals surface area contributed by atoms with Crippen molar-refractivity contribution in [2.24, 2.45) is 0 Å². The Morgan fingerprint density at radius 1 is 0.692 bits per heavy atom. The minimum absolute atomic E-state index is 0. The van der Waals surface area contributed by atoms with Gasteiger partial charge in [-0.1, -0.05) is 0 Å². The minimum Gasteiger partial charge on any atom is -1.00 e. The zero-order chi connectivity index (χ0) is 20.7. The predicted octanol–water partition coefficient (Wildman–Crippen LogP) is 0.721. The molecular weight excluding hydrogens is 434 g/mol. The molecule has 1 unspecified atom stereocenters. The monoisotopic (exact) mass is 436 g/mol. The molecule has 0 spiro atoms. The van der Waals surface area contributed by atoms with Gasteiger partial charge in [0.1, 0.15) is 0 Å². The number of alkyl halides is 13. The molecule has 0 rings (SSSR count). The van der Waals surface area contributed by atoms with E-state index in [0.717, 1.165) is 0 Å². The minimum atomic E-state index is -7.16. The number of carbonyl (C=O) groups is 1. The van der Waals surface area contributed by atoms with Crippen LogP contribution >= 0.6 is 0 Å². The van der Waals surface area contributed by atoms with Gasteiger partial charge < -0.3 is 6.53 Å². The van der Waals surface area contributed by atoms with Crippen molar-refractivity contribution in [1.82, 2.24) is 0 Å². The van der Waals surface area contributed by atoms with Gasteiger partial charge in [-0.15, -0.1) is 22.0 Å². The van der Waals surface area contributed by atoms with Crippen LogP contribution in [0.1, 0.15) is 1.43 Å². The summed E-state index contributed by atoms with van der Waals surface area (Å²) in [4.78, 5) is 9.98. The first-order valence-corrected chi connectivity index (χ1v) is 4.86. The van der Waals surface area contributed by atoms with Gasteiger partial charge in [0, 0.05) is 0 Å². The van der Waals surface area contributed by atoms with Gasteiger partial charge in [-0.25, -0.2) is 9.53 Å². The van der Waals surface area contributed by atoms with Crippen molar-refractivity contribution in [3.05, 3.63) is 0 Å². The normalized spacial score (nSPS) is 16.7. The van der Waals surface area contributed by atoms with Crippen molar-refractivity contribution >= 4 is 5.97 Å². The summed E-state index contributed by atoms with van der Waals surface area (Å²) in [5, 5.41) is 7.82. The average molecular weight is 436 g/mol. The van der Waals surface area contributed by atoms with Crippen LogP contribution in [0.5, 0.6) is 0 Å². The van der Waals surface area contributed by atoms with E-state index < -0.39 is 42.9 Å². The van der Waals surface area contributed by atoms with E-state index in [4.69, 9.17) is 5.11 Å². The number of hydrogen-bond donors (Lipinski definition) is 1. The molecule has 0 bridgehead atoms. The quantitative estimate of drug-likeness (QED) is 0.362. The van der Waals surface area contributed by atoms with Crippen molar-refractivity contribution in [3.63, 3.8) is 0 Å². The molecule has 0 saturated heterocycles. The van der Waals surface area contributed by atoms with Crippen LogP contribution in [0.25, 0.3) is 0 Å². The number of hydrogen-bond acceptors (Lipinski definition) is 4. The third-order valence-electron chi connectivity index (χ3n) is 1.73. The van der Waals surface area contributed by atoms with Crippen LogP contribution in [0.3, 0.4) is 0 Å². The van der Waals surface area contributed by atoms with Gasteiger partial charge >= 0.3 is 72.4 Å². The van der Waals surface area contributed by atoms with Crippen molar-refractivity contribution in [2.75, 3.05) is 0 Å². The molecular formula is C7H2F13NaO5. The maximum atomic E-state index is 12.9. The second-order valence-corrected chi connectivity index (χ2v) is 3.65. The van der Waals surface area contributed by atoms with Crippen molar-refractivity contribution < 1.29 is 112 Å².